The van der Waals surface area contributed by atoms with E-state index in [1.165, 1.54) is 18.4 Å². The standard InChI is InChI=1S/C24H27N5O2S/c1-17-5-7-19(8-6-17)22-25-20(15-31-22)16-32-24-27-26-23(28-11-9-18(2)10-12-28)29(24)14-21-4-3-13-30-21/h3-8,13,15,18H,9-12,14,16H2,1-2H3. The van der Waals surface area contributed by atoms with Crippen molar-refractivity contribution >= 4 is 17.7 Å². The van der Waals surface area contributed by atoms with Gasteiger partial charge in [0.25, 0.3) is 0 Å². The first-order valence-corrected chi connectivity index (χ1v) is 12.0. The van der Waals surface area contributed by atoms with Crippen molar-refractivity contribution < 1.29 is 8.83 Å². The van der Waals surface area contributed by atoms with Gasteiger partial charge in [-0.2, -0.15) is 0 Å². The molecular weight excluding hydrogens is 422 g/mol. The number of piperidine rings is 1. The fourth-order valence-electron chi connectivity index (χ4n) is 3.87. The van der Waals surface area contributed by atoms with Gasteiger partial charge < -0.3 is 13.7 Å². The van der Waals surface area contributed by atoms with Crippen LogP contribution in [0.5, 0.6) is 0 Å². The lowest BCUT2D eigenvalue weighted by Gasteiger charge is -2.31. The number of anilines is 1. The molecule has 0 atom stereocenters. The molecule has 4 heterocycles. The quantitative estimate of drug-likeness (QED) is 0.349. The molecular formula is C24H27N5O2S. The van der Waals surface area contributed by atoms with Gasteiger partial charge in [0.15, 0.2) is 5.16 Å². The van der Waals surface area contributed by atoms with E-state index in [1.807, 2.05) is 24.3 Å². The summed E-state index contributed by atoms with van der Waals surface area (Å²) in [6.45, 7) is 7.00. The van der Waals surface area contributed by atoms with Crippen LogP contribution in [0.25, 0.3) is 11.5 Å². The highest BCUT2D eigenvalue weighted by atomic mass is 32.2. The lowest BCUT2D eigenvalue weighted by molar-refractivity contribution is 0.427. The Morgan fingerprint density at radius 2 is 1.88 bits per heavy atom. The second kappa shape index (κ2) is 9.24. The summed E-state index contributed by atoms with van der Waals surface area (Å²) in [4.78, 5) is 7.00. The van der Waals surface area contributed by atoms with E-state index in [-0.39, 0.29) is 0 Å². The average molecular weight is 450 g/mol. The number of furan rings is 1. The van der Waals surface area contributed by atoms with Gasteiger partial charge in [-0.15, -0.1) is 10.2 Å². The number of thioether (sulfide) groups is 1. The van der Waals surface area contributed by atoms with Crippen LogP contribution >= 0.6 is 11.8 Å². The van der Waals surface area contributed by atoms with Gasteiger partial charge in [0.1, 0.15) is 12.0 Å². The highest BCUT2D eigenvalue weighted by molar-refractivity contribution is 7.98. The third kappa shape index (κ3) is 4.60. The Hall–Kier alpha value is -3.00. The van der Waals surface area contributed by atoms with Gasteiger partial charge in [-0.25, -0.2) is 4.98 Å². The van der Waals surface area contributed by atoms with Crippen molar-refractivity contribution in [2.75, 3.05) is 18.0 Å². The van der Waals surface area contributed by atoms with E-state index >= 15 is 0 Å². The van der Waals surface area contributed by atoms with Crippen molar-refractivity contribution in [1.29, 1.82) is 0 Å². The van der Waals surface area contributed by atoms with Crippen molar-refractivity contribution in [3.8, 4) is 11.5 Å². The van der Waals surface area contributed by atoms with E-state index < -0.39 is 0 Å². The van der Waals surface area contributed by atoms with E-state index in [2.05, 4.69) is 50.6 Å². The summed E-state index contributed by atoms with van der Waals surface area (Å²) < 4.78 is 13.5. The van der Waals surface area contributed by atoms with E-state index in [0.717, 1.165) is 47.1 Å². The monoisotopic (exact) mass is 449 g/mol. The summed E-state index contributed by atoms with van der Waals surface area (Å²) in [6, 6.07) is 12.1. The summed E-state index contributed by atoms with van der Waals surface area (Å²) in [7, 11) is 0. The second-order valence-corrected chi connectivity index (χ2v) is 9.36. The molecule has 0 spiro atoms. The maximum atomic E-state index is 5.71. The Labute approximate surface area is 191 Å². The van der Waals surface area contributed by atoms with Crippen LogP contribution in [0.2, 0.25) is 0 Å². The predicted molar refractivity (Wildman–Crippen MR) is 125 cm³/mol. The van der Waals surface area contributed by atoms with Crippen molar-refractivity contribution in [2.45, 2.75) is 44.1 Å². The second-order valence-electron chi connectivity index (χ2n) is 8.42. The Balaban J connectivity index is 1.33. The van der Waals surface area contributed by atoms with Crippen molar-refractivity contribution in [3.05, 3.63) is 65.9 Å². The topological polar surface area (TPSA) is 73.1 Å². The normalized spacial score (nSPS) is 14.9. The van der Waals surface area contributed by atoms with Crippen molar-refractivity contribution in [2.24, 2.45) is 5.92 Å². The molecule has 3 aromatic heterocycles. The molecule has 8 heteroatoms. The SMILES string of the molecule is Cc1ccc(-c2nc(CSc3nnc(N4CCC(C)CC4)n3Cc3ccco3)co2)cc1. The van der Waals surface area contributed by atoms with E-state index in [0.29, 0.717) is 18.2 Å². The first-order valence-electron chi connectivity index (χ1n) is 11.0. The lowest BCUT2D eigenvalue weighted by atomic mass is 10.00. The van der Waals surface area contributed by atoms with Gasteiger partial charge in [-0.3, -0.25) is 4.57 Å². The zero-order valence-corrected chi connectivity index (χ0v) is 19.2. The summed E-state index contributed by atoms with van der Waals surface area (Å²) in [5.74, 6) is 3.86. The van der Waals surface area contributed by atoms with Gasteiger partial charge in [0.05, 0.1) is 18.5 Å². The van der Waals surface area contributed by atoms with Gasteiger partial charge in [-0.05, 0) is 49.9 Å². The van der Waals surface area contributed by atoms with Gasteiger partial charge >= 0.3 is 0 Å². The van der Waals surface area contributed by atoms with E-state index in [1.54, 1.807) is 24.3 Å². The smallest absolute Gasteiger partial charge is 0.228 e. The number of aromatic nitrogens is 4. The van der Waals surface area contributed by atoms with E-state index in [9.17, 15) is 0 Å². The Morgan fingerprint density at radius 1 is 1.06 bits per heavy atom. The molecule has 0 radical (unpaired) electrons. The van der Waals surface area contributed by atoms with Gasteiger partial charge in [0.2, 0.25) is 11.8 Å². The number of oxazole rings is 1. The highest BCUT2D eigenvalue weighted by Crippen LogP contribution is 2.29. The zero-order valence-electron chi connectivity index (χ0n) is 18.4. The fraction of sp³-hybridized carbons (Fsp3) is 0.375. The molecule has 5 rings (SSSR count). The van der Waals surface area contributed by atoms with Crippen molar-refractivity contribution in [3.63, 3.8) is 0 Å². The third-order valence-corrected chi connectivity index (χ3v) is 6.86. The molecule has 0 amide bonds. The minimum absolute atomic E-state index is 0.608. The molecule has 1 fully saturated rings. The van der Waals surface area contributed by atoms with E-state index in [4.69, 9.17) is 8.83 Å². The first-order chi connectivity index (χ1) is 15.7. The van der Waals surface area contributed by atoms with Crippen LogP contribution in [0.1, 0.15) is 36.8 Å². The minimum Gasteiger partial charge on any atom is -0.467 e. The number of nitrogens with zero attached hydrogens (tertiary/aromatic N) is 5. The highest BCUT2D eigenvalue weighted by Gasteiger charge is 2.23. The Kier molecular flexibility index (Phi) is 6.03. The molecule has 0 saturated carbocycles. The number of hydrogen-bond acceptors (Lipinski definition) is 7. The largest absolute Gasteiger partial charge is 0.467 e. The average Bonchev–Trinajstić information content (AvgIpc) is 3.56. The number of rotatable bonds is 7. The lowest BCUT2D eigenvalue weighted by Crippen LogP contribution is -2.35. The minimum atomic E-state index is 0.608. The summed E-state index contributed by atoms with van der Waals surface area (Å²) in [5.41, 5.74) is 3.08. The summed E-state index contributed by atoms with van der Waals surface area (Å²) in [5, 5.41) is 9.92. The maximum Gasteiger partial charge on any atom is 0.228 e. The molecule has 166 valence electrons. The first kappa shape index (κ1) is 20.9. The molecule has 7 nitrogen and oxygen atoms in total. The molecule has 32 heavy (non-hydrogen) atoms. The number of aryl methyl sites for hydroxylation is 1. The Bertz CT molecular complexity index is 1140. The van der Waals surface area contributed by atoms with Crippen LogP contribution in [0, 0.1) is 12.8 Å². The van der Waals surface area contributed by atoms with Crippen LogP contribution in [-0.2, 0) is 12.3 Å². The predicted octanol–water partition coefficient (Wildman–Crippen LogP) is 5.41. The Morgan fingerprint density at radius 3 is 2.62 bits per heavy atom. The van der Waals surface area contributed by atoms with Crippen LogP contribution in [-0.4, -0.2) is 32.8 Å². The summed E-state index contributed by atoms with van der Waals surface area (Å²) in [6.07, 6.45) is 5.78. The molecule has 1 aliphatic heterocycles. The molecule has 0 unspecified atom stereocenters. The summed E-state index contributed by atoms with van der Waals surface area (Å²) >= 11 is 1.62. The number of hydrogen-bond donors (Lipinski definition) is 0. The molecule has 1 aliphatic rings. The molecule has 1 aromatic carbocycles. The molecule has 0 N–H and O–H groups in total. The molecule has 1 saturated heterocycles. The van der Waals surface area contributed by atoms with Gasteiger partial charge in [0, 0.05) is 24.4 Å². The maximum absolute atomic E-state index is 5.71. The number of benzene rings is 1. The van der Waals surface area contributed by atoms with Crippen LogP contribution in [0.3, 0.4) is 0 Å². The van der Waals surface area contributed by atoms with Crippen LogP contribution < -0.4 is 4.90 Å². The molecule has 0 aliphatic carbocycles. The third-order valence-electron chi connectivity index (χ3n) is 5.86. The van der Waals surface area contributed by atoms with Gasteiger partial charge in [-0.1, -0.05) is 36.4 Å². The fourth-order valence-corrected chi connectivity index (χ4v) is 4.68. The van der Waals surface area contributed by atoms with Crippen molar-refractivity contribution in [1.82, 2.24) is 19.7 Å². The molecule has 0 bridgehead atoms. The zero-order chi connectivity index (χ0) is 21.9. The van der Waals surface area contributed by atoms with Crippen LogP contribution in [0.4, 0.5) is 5.95 Å². The van der Waals surface area contributed by atoms with Crippen LogP contribution in [0.15, 0.2) is 62.9 Å². The molecule has 4 aromatic rings.